The lowest BCUT2D eigenvalue weighted by Crippen LogP contribution is -2.00. The molecule has 0 aliphatic carbocycles. The maximum atomic E-state index is 5.19. The van der Waals surface area contributed by atoms with Crippen molar-refractivity contribution in [3.8, 4) is 101 Å². The van der Waals surface area contributed by atoms with Crippen LogP contribution in [0, 0.1) is 0 Å². The molecule has 10 aromatic rings. The Hall–Kier alpha value is -8.15. The van der Waals surface area contributed by atoms with E-state index < -0.39 is 0 Å². The van der Waals surface area contributed by atoms with Gasteiger partial charge in [0.2, 0.25) is 0 Å². The van der Waals surface area contributed by atoms with E-state index in [0.29, 0.717) is 23.3 Å². The van der Waals surface area contributed by atoms with Gasteiger partial charge in [0, 0.05) is 33.4 Å². The average molecular weight is 768 g/mol. The molecular formula is C55H37N5. The van der Waals surface area contributed by atoms with Crippen molar-refractivity contribution in [3.63, 3.8) is 0 Å². The third kappa shape index (κ3) is 7.63. The molecule has 10 rings (SSSR count). The lowest BCUT2D eigenvalue weighted by Gasteiger charge is -2.14. The highest BCUT2D eigenvalue weighted by atomic mass is 15.0. The molecule has 5 heteroatoms. The van der Waals surface area contributed by atoms with Crippen molar-refractivity contribution < 1.29 is 0 Å². The molecule has 5 nitrogen and oxygen atoms in total. The summed E-state index contributed by atoms with van der Waals surface area (Å²) in [6.45, 7) is 0. The Labute approximate surface area is 349 Å². The molecule has 0 atom stereocenters. The van der Waals surface area contributed by atoms with Gasteiger partial charge in [0.25, 0.3) is 0 Å². The van der Waals surface area contributed by atoms with Gasteiger partial charge in [-0.2, -0.15) is 0 Å². The topological polar surface area (TPSA) is 64.5 Å². The Morgan fingerprint density at radius 1 is 0.183 bits per heavy atom. The first kappa shape index (κ1) is 36.2. The van der Waals surface area contributed by atoms with Crippen molar-refractivity contribution in [1.29, 1.82) is 0 Å². The Bertz CT molecular complexity index is 2990. The third-order valence-corrected chi connectivity index (χ3v) is 10.6. The molecule has 0 spiro atoms. The minimum atomic E-state index is 0.623. The van der Waals surface area contributed by atoms with Gasteiger partial charge >= 0.3 is 0 Å². The Morgan fingerprint density at radius 3 is 1.05 bits per heavy atom. The smallest absolute Gasteiger partial charge is 0.164 e. The van der Waals surface area contributed by atoms with Crippen LogP contribution in [0.25, 0.3) is 101 Å². The zero-order valence-electron chi connectivity index (χ0n) is 32.6. The highest BCUT2D eigenvalue weighted by Crippen LogP contribution is 2.36. The van der Waals surface area contributed by atoms with Crippen LogP contribution in [0.2, 0.25) is 0 Å². The van der Waals surface area contributed by atoms with Crippen LogP contribution in [0.1, 0.15) is 0 Å². The first-order chi connectivity index (χ1) is 29.7. The molecule has 2 heterocycles. The van der Waals surface area contributed by atoms with Crippen molar-refractivity contribution in [2.75, 3.05) is 0 Å². The number of nitrogens with zero attached hydrogens (tertiary/aromatic N) is 5. The molecule has 0 saturated heterocycles. The van der Waals surface area contributed by atoms with E-state index in [4.69, 9.17) is 24.9 Å². The molecule has 8 aromatic carbocycles. The fraction of sp³-hybridized carbons (Fsp3) is 0. The van der Waals surface area contributed by atoms with Gasteiger partial charge < -0.3 is 0 Å². The second kappa shape index (κ2) is 16.4. The quantitative estimate of drug-likeness (QED) is 0.146. The summed E-state index contributed by atoms with van der Waals surface area (Å²) in [7, 11) is 0. The van der Waals surface area contributed by atoms with E-state index in [2.05, 4.69) is 140 Å². The molecule has 0 aliphatic rings. The van der Waals surface area contributed by atoms with E-state index in [-0.39, 0.29) is 0 Å². The molecule has 282 valence electrons. The summed E-state index contributed by atoms with van der Waals surface area (Å²) in [6, 6.07) is 77.1. The van der Waals surface area contributed by atoms with E-state index in [1.807, 2.05) is 84.9 Å². The maximum absolute atomic E-state index is 5.19. The lowest BCUT2D eigenvalue weighted by atomic mass is 9.94. The zero-order valence-corrected chi connectivity index (χ0v) is 32.6. The summed E-state index contributed by atoms with van der Waals surface area (Å²) in [5, 5.41) is 0. The van der Waals surface area contributed by atoms with E-state index in [9.17, 15) is 0 Å². The van der Waals surface area contributed by atoms with E-state index >= 15 is 0 Å². The molecule has 60 heavy (non-hydrogen) atoms. The van der Waals surface area contributed by atoms with E-state index in [0.717, 1.165) is 67.0 Å². The van der Waals surface area contributed by atoms with E-state index in [1.165, 1.54) is 11.1 Å². The summed E-state index contributed by atoms with van der Waals surface area (Å²) in [6.07, 6.45) is 0. The summed E-state index contributed by atoms with van der Waals surface area (Å²) >= 11 is 0. The normalized spacial score (nSPS) is 11.0. The predicted octanol–water partition coefficient (Wildman–Crippen LogP) is 13.7. The van der Waals surface area contributed by atoms with Gasteiger partial charge in [-0.05, 0) is 45.5 Å². The standard InChI is InChI=1S/C55H37N5/c1-5-16-38(17-6-1)39-28-32-41(33-29-39)48-26-13-14-27-49(48)51-37-50(56-52(57-51)42-18-7-2-8-19-42)47-25-15-24-46(36-47)40-30-34-45(35-31-40)55-59-53(43-20-9-3-10-21-43)58-54(60-55)44-22-11-4-12-23-44/h1-37H. The van der Waals surface area contributed by atoms with Crippen molar-refractivity contribution in [3.05, 3.63) is 224 Å². The summed E-state index contributed by atoms with van der Waals surface area (Å²) in [5.74, 6) is 2.57. The summed E-state index contributed by atoms with van der Waals surface area (Å²) in [5.41, 5.74) is 14.3. The van der Waals surface area contributed by atoms with Crippen LogP contribution in [0.3, 0.4) is 0 Å². The summed E-state index contributed by atoms with van der Waals surface area (Å²) < 4.78 is 0. The van der Waals surface area contributed by atoms with Gasteiger partial charge in [0.15, 0.2) is 23.3 Å². The molecular weight excluding hydrogens is 731 g/mol. The average Bonchev–Trinajstić information content (AvgIpc) is 3.35. The van der Waals surface area contributed by atoms with Crippen LogP contribution in [0.4, 0.5) is 0 Å². The SMILES string of the molecule is c1ccc(-c2ccc(-c3ccccc3-c3cc(-c4cccc(-c5ccc(-c6nc(-c7ccccc7)nc(-c7ccccc7)n6)cc5)c4)nc(-c4ccccc4)n3)cc2)cc1. The number of benzene rings is 8. The van der Waals surface area contributed by atoms with Crippen LogP contribution in [-0.4, -0.2) is 24.9 Å². The molecule has 0 aliphatic heterocycles. The van der Waals surface area contributed by atoms with Crippen molar-refractivity contribution >= 4 is 0 Å². The van der Waals surface area contributed by atoms with Crippen LogP contribution < -0.4 is 0 Å². The summed E-state index contributed by atoms with van der Waals surface area (Å²) in [4.78, 5) is 25.1. The fourth-order valence-corrected chi connectivity index (χ4v) is 7.49. The minimum Gasteiger partial charge on any atom is -0.228 e. The molecule has 0 amide bonds. The van der Waals surface area contributed by atoms with Gasteiger partial charge in [0.05, 0.1) is 11.4 Å². The fourth-order valence-electron chi connectivity index (χ4n) is 7.49. The molecule has 2 aromatic heterocycles. The van der Waals surface area contributed by atoms with Gasteiger partial charge in [-0.3, -0.25) is 0 Å². The minimum absolute atomic E-state index is 0.623. The molecule has 0 saturated carbocycles. The molecule has 0 unspecified atom stereocenters. The van der Waals surface area contributed by atoms with Gasteiger partial charge in [-0.1, -0.05) is 212 Å². The van der Waals surface area contributed by atoms with Crippen LogP contribution in [0.5, 0.6) is 0 Å². The van der Waals surface area contributed by atoms with Gasteiger partial charge in [-0.15, -0.1) is 0 Å². The monoisotopic (exact) mass is 767 g/mol. The molecule has 0 bridgehead atoms. The van der Waals surface area contributed by atoms with Gasteiger partial charge in [-0.25, -0.2) is 24.9 Å². The van der Waals surface area contributed by atoms with Crippen molar-refractivity contribution in [2.45, 2.75) is 0 Å². The second-order valence-corrected chi connectivity index (χ2v) is 14.5. The second-order valence-electron chi connectivity index (χ2n) is 14.5. The van der Waals surface area contributed by atoms with Crippen molar-refractivity contribution in [1.82, 2.24) is 24.9 Å². The largest absolute Gasteiger partial charge is 0.228 e. The Morgan fingerprint density at radius 2 is 0.517 bits per heavy atom. The number of aromatic nitrogens is 5. The Kier molecular flexibility index (Phi) is 9.88. The number of rotatable bonds is 9. The maximum Gasteiger partial charge on any atom is 0.164 e. The van der Waals surface area contributed by atoms with Crippen LogP contribution in [0.15, 0.2) is 224 Å². The first-order valence-electron chi connectivity index (χ1n) is 20.0. The third-order valence-electron chi connectivity index (χ3n) is 10.6. The van der Waals surface area contributed by atoms with Crippen LogP contribution >= 0.6 is 0 Å². The first-order valence-corrected chi connectivity index (χ1v) is 20.0. The number of hydrogen-bond donors (Lipinski definition) is 0. The van der Waals surface area contributed by atoms with Crippen LogP contribution in [-0.2, 0) is 0 Å². The van der Waals surface area contributed by atoms with Crippen molar-refractivity contribution in [2.24, 2.45) is 0 Å². The number of hydrogen-bond acceptors (Lipinski definition) is 5. The zero-order chi connectivity index (χ0) is 40.1. The highest BCUT2D eigenvalue weighted by molar-refractivity contribution is 5.85. The molecule has 0 radical (unpaired) electrons. The van der Waals surface area contributed by atoms with Gasteiger partial charge in [0.1, 0.15) is 0 Å². The molecule has 0 N–H and O–H groups in total. The Balaban J connectivity index is 1.01. The van der Waals surface area contributed by atoms with E-state index in [1.54, 1.807) is 0 Å². The molecule has 0 fully saturated rings. The highest BCUT2D eigenvalue weighted by Gasteiger charge is 2.16. The predicted molar refractivity (Wildman–Crippen MR) is 244 cm³/mol. The lowest BCUT2D eigenvalue weighted by molar-refractivity contribution is 1.07.